The topological polar surface area (TPSA) is 68.3 Å². The smallest absolute Gasteiger partial charge is 0.273 e. The van der Waals surface area contributed by atoms with Gasteiger partial charge >= 0.3 is 0 Å². The Morgan fingerprint density at radius 2 is 1.59 bits per heavy atom. The van der Waals surface area contributed by atoms with E-state index in [9.17, 15) is 9.59 Å². The first-order valence-corrected chi connectivity index (χ1v) is 10.0. The molecule has 5 rings (SSSR count). The number of rotatable bonds is 2. The molecule has 3 aromatic rings. The van der Waals surface area contributed by atoms with E-state index in [1.165, 1.54) is 0 Å². The van der Waals surface area contributed by atoms with E-state index in [1.54, 1.807) is 6.07 Å². The number of hydrogen-bond donors (Lipinski definition) is 1. The summed E-state index contributed by atoms with van der Waals surface area (Å²) in [6.07, 6.45) is 1.01. The number of amides is 1. The molecule has 2 N–H and O–H groups in total. The van der Waals surface area contributed by atoms with Crippen molar-refractivity contribution >= 4 is 11.6 Å². The van der Waals surface area contributed by atoms with E-state index < -0.39 is 0 Å². The number of pyridine rings is 1. The number of benzene rings is 2. The highest BCUT2D eigenvalue weighted by Gasteiger charge is 2.36. The highest BCUT2D eigenvalue weighted by atomic mass is 16.2. The molecular weight excluding hydrogens is 362 g/mol. The SMILES string of the molecule is Nc1ccc2n(c1=O)C[C@H]1C[C@@H]2CN(C(=O)c2ccc(-c3ccccc3)cc2)C1. The van der Waals surface area contributed by atoms with Crippen LogP contribution in [-0.2, 0) is 6.54 Å². The maximum atomic E-state index is 13.1. The second kappa shape index (κ2) is 6.92. The number of nitrogens with two attached hydrogens (primary N) is 1. The van der Waals surface area contributed by atoms with Crippen molar-refractivity contribution in [2.24, 2.45) is 5.92 Å². The van der Waals surface area contributed by atoms with E-state index in [2.05, 4.69) is 12.1 Å². The molecule has 1 amide bonds. The predicted molar refractivity (Wildman–Crippen MR) is 114 cm³/mol. The van der Waals surface area contributed by atoms with Gasteiger partial charge in [-0.15, -0.1) is 0 Å². The molecular formula is C24H23N3O2. The van der Waals surface area contributed by atoms with Gasteiger partial charge in [-0.1, -0.05) is 42.5 Å². The first-order chi connectivity index (χ1) is 14.1. The van der Waals surface area contributed by atoms with Crippen molar-refractivity contribution < 1.29 is 4.79 Å². The quantitative estimate of drug-likeness (QED) is 0.735. The van der Waals surface area contributed by atoms with Crippen LogP contribution in [0.4, 0.5) is 5.69 Å². The van der Waals surface area contributed by atoms with Crippen LogP contribution in [0.5, 0.6) is 0 Å². The lowest BCUT2D eigenvalue weighted by molar-refractivity contribution is 0.0595. The Balaban J connectivity index is 1.38. The molecule has 1 aromatic heterocycles. The molecule has 2 aliphatic rings. The van der Waals surface area contributed by atoms with Gasteiger partial charge in [0.05, 0.1) is 5.69 Å². The zero-order chi connectivity index (χ0) is 20.0. The van der Waals surface area contributed by atoms with Gasteiger partial charge in [0.15, 0.2) is 0 Å². The van der Waals surface area contributed by atoms with Crippen LogP contribution >= 0.6 is 0 Å². The Hall–Kier alpha value is -3.34. The molecule has 5 heteroatoms. The highest BCUT2D eigenvalue weighted by molar-refractivity contribution is 5.94. The van der Waals surface area contributed by atoms with Crippen molar-refractivity contribution in [3.63, 3.8) is 0 Å². The fourth-order valence-electron chi connectivity index (χ4n) is 4.75. The van der Waals surface area contributed by atoms with Crippen molar-refractivity contribution in [1.82, 2.24) is 9.47 Å². The van der Waals surface area contributed by atoms with Crippen molar-refractivity contribution in [1.29, 1.82) is 0 Å². The third-order valence-electron chi connectivity index (χ3n) is 6.16. The molecule has 2 aliphatic heterocycles. The monoisotopic (exact) mass is 385 g/mol. The molecule has 2 aromatic carbocycles. The average molecular weight is 385 g/mol. The van der Waals surface area contributed by atoms with Gasteiger partial charge in [-0.25, -0.2) is 0 Å². The standard InChI is InChI=1S/C24H23N3O2/c25-21-10-11-22-20-12-16(14-27(22)24(21)29)13-26(15-20)23(28)19-8-6-18(7-9-19)17-4-2-1-3-5-17/h1-11,16,20H,12-15,25H2/t16-,20+/m0/s1. The van der Waals surface area contributed by atoms with Crippen LogP contribution in [0.2, 0.25) is 0 Å². The van der Waals surface area contributed by atoms with Gasteiger partial charge in [-0.05, 0) is 47.7 Å². The summed E-state index contributed by atoms with van der Waals surface area (Å²) in [6, 6.07) is 21.6. The van der Waals surface area contributed by atoms with E-state index in [4.69, 9.17) is 5.73 Å². The Labute approximate surface area is 169 Å². The minimum atomic E-state index is -0.103. The first kappa shape index (κ1) is 17.7. The Morgan fingerprint density at radius 1 is 0.862 bits per heavy atom. The number of nitrogen functional groups attached to an aromatic ring is 1. The molecule has 29 heavy (non-hydrogen) atoms. The fourth-order valence-corrected chi connectivity index (χ4v) is 4.75. The summed E-state index contributed by atoms with van der Waals surface area (Å²) in [5.74, 6) is 0.530. The van der Waals surface area contributed by atoms with E-state index in [0.29, 0.717) is 30.9 Å². The van der Waals surface area contributed by atoms with Crippen LogP contribution in [0.15, 0.2) is 71.5 Å². The molecule has 1 saturated heterocycles. The maximum absolute atomic E-state index is 13.1. The number of hydrogen-bond acceptors (Lipinski definition) is 3. The lowest BCUT2D eigenvalue weighted by Crippen LogP contribution is -2.49. The lowest BCUT2D eigenvalue weighted by Gasteiger charge is -2.42. The molecule has 0 spiro atoms. The number of carbonyl (C=O) groups is 1. The van der Waals surface area contributed by atoms with Crippen molar-refractivity contribution in [2.75, 3.05) is 18.8 Å². The first-order valence-electron chi connectivity index (χ1n) is 10.0. The molecule has 146 valence electrons. The number of piperidine rings is 1. The van der Waals surface area contributed by atoms with Gasteiger partial charge < -0.3 is 15.2 Å². The molecule has 1 fully saturated rings. The van der Waals surface area contributed by atoms with Gasteiger partial charge in [0.2, 0.25) is 0 Å². The minimum absolute atomic E-state index is 0.0607. The number of fused-ring (bicyclic) bond motifs is 4. The molecule has 0 aliphatic carbocycles. The Kier molecular flexibility index (Phi) is 4.23. The maximum Gasteiger partial charge on any atom is 0.273 e. The highest BCUT2D eigenvalue weighted by Crippen LogP contribution is 2.36. The van der Waals surface area contributed by atoms with Gasteiger partial charge in [-0.3, -0.25) is 9.59 Å². The zero-order valence-corrected chi connectivity index (χ0v) is 16.1. The summed E-state index contributed by atoms with van der Waals surface area (Å²) >= 11 is 0. The second-order valence-corrected chi connectivity index (χ2v) is 8.08. The predicted octanol–water partition coefficient (Wildman–Crippen LogP) is 3.36. The van der Waals surface area contributed by atoms with Gasteiger partial charge in [0, 0.05) is 36.8 Å². The van der Waals surface area contributed by atoms with Gasteiger partial charge in [0.1, 0.15) is 0 Å². The number of carbonyl (C=O) groups excluding carboxylic acids is 1. The van der Waals surface area contributed by atoms with Gasteiger partial charge in [-0.2, -0.15) is 0 Å². The van der Waals surface area contributed by atoms with Gasteiger partial charge in [0.25, 0.3) is 11.5 Å². The van der Waals surface area contributed by atoms with Crippen LogP contribution in [-0.4, -0.2) is 28.5 Å². The van der Waals surface area contributed by atoms with E-state index in [1.807, 2.05) is 58.0 Å². The zero-order valence-electron chi connectivity index (χ0n) is 16.1. The van der Waals surface area contributed by atoms with E-state index >= 15 is 0 Å². The molecule has 2 bridgehead atoms. The number of nitrogens with zero attached hydrogens (tertiary/aromatic N) is 2. The summed E-state index contributed by atoms with van der Waals surface area (Å²) in [5, 5.41) is 0. The second-order valence-electron chi connectivity index (χ2n) is 8.08. The normalized spacial score (nSPS) is 20.2. The summed E-state index contributed by atoms with van der Waals surface area (Å²) in [7, 11) is 0. The Bertz CT molecular complexity index is 1120. The van der Waals surface area contributed by atoms with Crippen LogP contribution in [0, 0.1) is 5.92 Å². The molecule has 0 unspecified atom stereocenters. The molecule has 5 nitrogen and oxygen atoms in total. The number of likely N-dealkylation sites (tertiary alicyclic amines) is 1. The molecule has 2 atom stereocenters. The molecule has 3 heterocycles. The lowest BCUT2D eigenvalue weighted by atomic mass is 9.83. The minimum Gasteiger partial charge on any atom is -0.394 e. The van der Waals surface area contributed by atoms with E-state index in [-0.39, 0.29) is 23.3 Å². The fraction of sp³-hybridized carbons (Fsp3) is 0.250. The summed E-state index contributed by atoms with van der Waals surface area (Å²) in [6.45, 7) is 1.95. The number of anilines is 1. The van der Waals surface area contributed by atoms with Crippen LogP contribution < -0.4 is 11.3 Å². The summed E-state index contributed by atoms with van der Waals surface area (Å²) in [5.41, 5.74) is 9.94. The van der Waals surface area contributed by atoms with Crippen molar-refractivity contribution in [3.8, 4) is 11.1 Å². The number of aromatic nitrogens is 1. The third kappa shape index (κ3) is 3.12. The van der Waals surface area contributed by atoms with Crippen LogP contribution in [0.1, 0.15) is 28.4 Å². The van der Waals surface area contributed by atoms with Crippen LogP contribution in [0.25, 0.3) is 11.1 Å². The molecule has 0 saturated carbocycles. The average Bonchev–Trinajstić information content (AvgIpc) is 2.77. The Morgan fingerprint density at radius 3 is 2.34 bits per heavy atom. The van der Waals surface area contributed by atoms with Crippen LogP contribution in [0.3, 0.4) is 0 Å². The summed E-state index contributed by atoms with van der Waals surface area (Å²) in [4.78, 5) is 27.5. The summed E-state index contributed by atoms with van der Waals surface area (Å²) < 4.78 is 1.81. The van der Waals surface area contributed by atoms with Crippen molar-refractivity contribution in [2.45, 2.75) is 18.9 Å². The third-order valence-corrected chi connectivity index (χ3v) is 6.16. The van der Waals surface area contributed by atoms with E-state index in [0.717, 1.165) is 23.2 Å². The largest absolute Gasteiger partial charge is 0.394 e. The van der Waals surface area contributed by atoms with Crippen molar-refractivity contribution in [3.05, 3.63) is 88.3 Å². The molecule has 0 radical (unpaired) electrons.